The summed E-state index contributed by atoms with van der Waals surface area (Å²) in [6.07, 6.45) is 9.04. The standard InChI is InChI=1S/C15H28N2/c1-13(14-8-4-5-9-14)17-11-7-6-10-15(2,3)12-16/h13-14,17H,4-11H2,1-3H3. The van der Waals surface area contributed by atoms with Crippen molar-refractivity contribution in [3.63, 3.8) is 0 Å². The lowest BCUT2D eigenvalue weighted by Gasteiger charge is -2.21. The van der Waals surface area contributed by atoms with Gasteiger partial charge in [0.2, 0.25) is 0 Å². The molecule has 0 aromatic carbocycles. The summed E-state index contributed by atoms with van der Waals surface area (Å²) >= 11 is 0. The maximum Gasteiger partial charge on any atom is 0.0683 e. The quantitative estimate of drug-likeness (QED) is 0.681. The van der Waals surface area contributed by atoms with Crippen LogP contribution in [0.25, 0.3) is 0 Å². The van der Waals surface area contributed by atoms with Crippen LogP contribution in [-0.2, 0) is 0 Å². The van der Waals surface area contributed by atoms with E-state index in [-0.39, 0.29) is 5.41 Å². The molecule has 0 aliphatic heterocycles. The normalized spacial score (nSPS) is 19.2. The fourth-order valence-corrected chi connectivity index (χ4v) is 2.70. The highest BCUT2D eigenvalue weighted by Crippen LogP contribution is 2.27. The van der Waals surface area contributed by atoms with Gasteiger partial charge in [-0.15, -0.1) is 0 Å². The van der Waals surface area contributed by atoms with Crippen molar-refractivity contribution >= 4 is 0 Å². The van der Waals surface area contributed by atoms with Gasteiger partial charge in [0.25, 0.3) is 0 Å². The minimum Gasteiger partial charge on any atom is -0.314 e. The topological polar surface area (TPSA) is 35.8 Å². The van der Waals surface area contributed by atoms with Gasteiger partial charge in [0, 0.05) is 6.04 Å². The lowest BCUT2D eigenvalue weighted by molar-refractivity contribution is 0.367. The molecule has 1 atom stereocenters. The van der Waals surface area contributed by atoms with Crippen molar-refractivity contribution in [2.75, 3.05) is 6.54 Å². The third-order valence-electron chi connectivity index (χ3n) is 4.10. The molecule has 0 radical (unpaired) electrons. The molecule has 0 saturated heterocycles. The highest BCUT2D eigenvalue weighted by atomic mass is 14.9. The molecule has 0 aromatic rings. The second-order valence-corrected chi connectivity index (χ2v) is 6.24. The first-order valence-corrected chi connectivity index (χ1v) is 7.20. The Morgan fingerprint density at radius 1 is 1.29 bits per heavy atom. The molecule has 1 aliphatic carbocycles. The van der Waals surface area contributed by atoms with Crippen LogP contribution in [0.3, 0.4) is 0 Å². The van der Waals surface area contributed by atoms with E-state index in [1.807, 2.05) is 13.8 Å². The van der Waals surface area contributed by atoms with E-state index in [1.54, 1.807) is 0 Å². The zero-order chi connectivity index (χ0) is 12.7. The third kappa shape index (κ3) is 5.55. The Morgan fingerprint density at radius 3 is 2.53 bits per heavy atom. The van der Waals surface area contributed by atoms with Crippen LogP contribution < -0.4 is 5.32 Å². The lowest BCUT2D eigenvalue weighted by Crippen LogP contribution is -2.33. The molecule has 1 fully saturated rings. The van der Waals surface area contributed by atoms with Crippen LogP contribution in [-0.4, -0.2) is 12.6 Å². The van der Waals surface area contributed by atoms with Crippen molar-refractivity contribution in [2.45, 2.75) is 71.8 Å². The van der Waals surface area contributed by atoms with E-state index in [2.05, 4.69) is 18.3 Å². The predicted molar refractivity (Wildman–Crippen MR) is 72.7 cm³/mol. The molecule has 0 amide bonds. The summed E-state index contributed by atoms with van der Waals surface area (Å²) in [4.78, 5) is 0. The summed E-state index contributed by atoms with van der Waals surface area (Å²) in [5.41, 5.74) is -0.142. The lowest BCUT2D eigenvalue weighted by atomic mass is 9.89. The van der Waals surface area contributed by atoms with E-state index in [9.17, 15) is 0 Å². The molecule has 2 heteroatoms. The Hall–Kier alpha value is -0.550. The number of nitriles is 1. The van der Waals surface area contributed by atoms with Crippen molar-refractivity contribution in [2.24, 2.45) is 11.3 Å². The highest BCUT2D eigenvalue weighted by molar-refractivity contribution is 4.91. The Labute approximate surface area is 107 Å². The van der Waals surface area contributed by atoms with Gasteiger partial charge in [-0.3, -0.25) is 0 Å². The number of nitrogens with zero attached hydrogens (tertiary/aromatic N) is 1. The van der Waals surface area contributed by atoms with E-state index >= 15 is 0 Å². The molecule has 17 heavy (non-hydrogen) atoms. The van der Waals surface area contributed by atoms with Gasteiger partial charge >= 0.3 is 0 Å². The number of hydrogen-bond donors (Lipinski definition) is 1. The minimum atomic E-state index is -0.142. The first kappa shape index (κ1) is 14.5. The van der Waals surface area contributed by atoms with Crippen molar-refractivity contribution in [1.82, 2.24) is 5.32 Å². The zero-order valence-electron chi connectivity index (χ0n) is 11.8. The largest absolute Gasteiger partial charge is 0.314 e. The average molecular weight is 236 g/mol. The van der Waals surface area contributed by atoms with Gasteiger partial charge in [-0.1, -0.05) is 19.3 Å². The van der Waals surface area contributed by atoms with Gasteiger partial charge in [0.15, 0.2) is 0 Å². The van der Waals surface area contributed by atoms with Crippen molar-refractivity contribution in [3.8, 4) is 6.07 Å². The van der Waals surface area contributed by atoms with Gasteiger partial charge in [0.05, 0.1) is 11.5 Å². The van der Waals surface area contributed by atoms with Crippen molar-refractivity contribution < 1.29 is 0 Å². The molecular formula is C15H28N2. The van der Waals surface area contributed by atoms with Crippen molar-refractivity contribution in [3.05, 3.63) is 0 Å². The maximum atomic E-state index is 8.92. The first-order valence-electron chi connectivity index (χ1n) is 7.20. The average Bonchev–Trinajstić information content (AvgIpc) is 2.82. The minimum absolute atomic E-state index is 0.142. The SMILES string of the molecule is CC(NCCCCC(C)(C)C#N)C1CCCC1. The maximum absolute atomic E-state index is 8.92. The Balaban J connectivity index is 2.02. The zero-order valence-corrected chi connectivity index (χ0v) is 11.8. The fourth-order valence-electron chi connectivity index (χ4n) is 2.70. The van der Waals surface area contributed by atoms with E-state index in [4.69, 9.17) is 5.26 Å². The molecule has 1 aliphatic rings. The smallest absolute Gasteiger partial charge is 0.0683 e. The second-order valence-electron chi connectivity index (χ2n) is 6.24. The predicted octanol–water partition coefficient (Wildman–Crippen LogP) is 3.87. The van der Waals surface area contributed by atoms with Crippen molar-refractivity contribution in [1.29, 1.82) is 5.26 Å². The van der Waals surface area contributed by atoms with Crippen LogP contribution in [0.1, 0.15) is 65.7 Å². The molecule has 1 rings (SSSR count). The Morgan fingerprint density at radius 2 is 1.94 bits per heavy atom. The third-order valence-corrected chi connectivity index (χ3v) is 4.10. The second kappa shape index (κ2) is 7.01. The fraction of sp³-hybridized carbons (Fsp3) is 0.933. The van der Waals surface area contributed by atoms with Gasteiger partial charge < -0.3 is 5.32 Å². The summed E-state index contributed by atoms with van der Waals surface area (Å²) in [5, 5.41) is 12.6. The van der Waals surface area contributed by atoms with Crippen LogP contribution >= 0.6 is 0 Å². The van der Waals surface area contributed by atoms with E-state index < -0.39 is 0 Å². The first-order chi connectivity index (χ1) is 8.05. The molecule has 1 unspecified atom stereocenters. The van der Waals surface area contributed by atoms with Crippen LogP contribution in [0, 0.1) is 22.7 Å². The van der Waals surface area contributed by atoms with Gasteiger partial charge in [0.1, 0.15) is 0 Å². The monoisotopic (exact) mass is 236 g/mol. The van der Waals surface area contributed by atoms with Gasteiger partial charge in [-0.05, 0) is 58.9 Å². The van der Waals surface area contributed by atoms with Crippen LogP contribution in [0.15, 0.2) is 0 Å². The van der Waals surface area contributed by atoms with Gasteiger partial charge in [-0.25, -0.2) is 0 Å². The summed E-state index contributed by atoms with van der Waals surface area (Å²) < 4.78 is 0. The molecule has 0 aromatic heterocycles. The summed E-state index contributed by atoms with van der Waals surface area (Å²) in [7, 11) is 0. The molecule has 98 valence electrons. The number of unbranched alkanes of at least 4 members (excludes halogenated alkanes) is 1. The molecule has 2 nitrogen and oxygen atoms in total. The van der Waals surface area contributed by atoms with Gasteiger partial charge in [-0.2, -0.15) is 5.26 Å². The van der Waals surface area contributed by atoms with E-state index in [0.717, 1.165) is 25.3 Å². The number of hydrogen-bond acceptors (Lipinski definition) is 2. The molecule has 0 heterocycles. The van der Waals surface area contributed by atoms with E-state index in [0.29, 0.717) is 6.04 Å². The molecule has 0 spiro atoms. The summed E-state index contributed by atoms with van der Waals surface area (Å²) in [6.45, 7) is 7.50. The van der Waals surface area contributed by atoms with Crippen LogP contribution in [0.2, 0.25) is 0 Å². The molecule has 1 saturated carbocycles. The summed E-state index contributed by atoms with van der Waals surface area (Å²) in [6, 6.07) is 3.05. The Kier molecular flexibility index (Phi) is 5.98. The summed E-state index contributed by atoms with van der Waals surface area (Å²) in [5.74, 6) is 0.908. The number of rotatable bonds is 7. The van der Waals surface area contributed by atoms with E-state index in [1.165, 1.54) is 32.1 Å². The number of nitrogens with one attached hydrogen (secondary N) is 1. The highest BCUT2D eigenvalue weighted by Gasteiger charge is 2.20. The Bertz CT molecular complexity index is 246. The van der Waals surface area contributed by atoms with Crippen LogP contribution in [0.4, 0.5) is 0 Å². The van der Waals surface area contributed by atoms with Crippen LogP contribution in [0.5, 0.6) is 0 Å². The molecule has 1 N–H and O–H groups in total. The molecule has 0 bridgehead atoms. The molecular weight excluding hydrogens is 208 g/mol.